The third-order valence-corrected chi connectivity index (χ3v) is 6.68. The number of carbonyl (C=O) groups is 1. The Morgan fingerprint density at radius 3 is 2.75 bits per heavy atom. The molecule has 0 fully saturated rings. The van der Waals surface area contributed by atoms with E-state index in [1.165, 1.54) is 6.07 Å². The molecule has 4 heterocycles. The van der Waals surface area contributed by atoms with Gasteiger partial charge in [-0.1, -0.05) is 33.8 Å². The SMILES string of the molecule is CC[C@H]1CCc2nnc(-c3cccc(NC(=O)c4cc(-n5cnc(C(C)(C)C)c5)c(C)cc4F)n3)n21. The number of pyridine rings is 1. The van der Waals surface area contributed by atoms with Crippen LogP contribution >= 0.6 is 0 Å². The molecule has 0 spiro atoms. The number of hydrogen-bond acceptors (Lipinski definition) is 5. The quantitative estimate of drug-likeness (QED) is 0.406. The maximum absolute atomic E-state index is 14.9. The van der Waals surface area contributed by atoms with E-state index in [4.69, 9.17) is 0 Å². The molecular formula is C27H30FN7O. The minimum atomic E-state index is -0.595. The van der Waals surface area contributed by atoms with Crippen LogP contribution in [0.4, 0.5) is 10.2 Å². The Morgan fingerprint density at radius 2 is 2.03 bits per heavy atom. The topological polar surface area (TPSA) is 90.5 Å². The summed E-state index contributed by atoms with van der Waals surface area (Å²) in [6, 6.07) is 8.58. The van der Waals surface area contributed by atoms with Gasteiger partial charge in [-0.25, -0.2) is 14.4 Å². The van der Waals surface area contributed by atoms with Crippen molar-refractivity contribution in [3.63, 3.8) is 0 Å². The second-order valence-corrected chi connectivity index (χ2v) is 10.3. The molecule has 0 unspecified atom stereocenters. The molecular weight excluding hydrogens is 457 g/mol. The van der Waals surface area contributed by atoms with Crippen LogP contribution in [0.3, 0.4) is 0 Å². The third-order valence-electron chi connectivity index (χ3n) is 6.68. The van der Waals surface area contributed by atoms with Gasteiger partial charge in [-0.2, -0.15) is 0 Å². The Kier molecular flexibility index (Phi) is 5.94. The van der Waals surface area contributed by atoms with Gasteiger partial charge in [0.2, 0.25) is 0 Å². The molecule has 3 aromatic heterocycles. The van der Waals surface area contributed by atoms with Gasteiger partial charge in [0, 0.05) is 24.1 Å². The monoisotopic (exact) mass is 487 g/mol. The average molecular weight is 488 g/mol. The summed E-state index contributed by atoms with van der Waals surface area (Å²) < 4.78 is 18.9. The fourth-order valence-electron chi connectivity index (χ4n) is 4.63. The first-order valence-corrected chi connectivity index (χ1v) is 12.2. The lowest BCUT2D eigenvalue weighted by atomic mass is 9.93. The summed E-state index contributed by atoms with van der Waals surface area (Å²) in [4.78, 5) is 22.2. The summed E-state index contributed by atoms with van der Waals surface area (Å²) in [6.07, 6.45) is 6.51. The number of nitrogens with one attached hydrogen (secondary N) is 1. The molecule has 36 heavy (non-hydrogen) atoms. The Bertz CT molecular complexity index is 1450. The van der Waals surface area contributed by atoms with Crippen molar-refractivity contribution in [1.29, 1.82) is 0 Å². The van der Waals surface area contributed by atoms with Gasteiger partial charge >= 0.3 is 0 Å². The number of carbonyl (C=O) groups excluding carboxylic acids is 1. The first-order chi connectivity index (χ1) is 17.2. The van der Waals surface area contributed by atoms with Crippen molar-refractivity contribution in [3.8, 4) is 17.2 Å². The number of hydrogen-bond donors (Lipinski definition) is 1. The van der Waals surface area contributed by atoms with E-state index in [0.29, 0.717) is 34.6 Å². The fraction of sp³-hybridized carbons (Fsp3) is 0.370. The summed E-state index contributed by atoms with van der Waals surface area (Å²) in [5.41, 5.74) is 2.72. The zero-order valence-corrected chi connectivity index (χ0v) is 21.2. The van der Waals surface area contributed by atoms with Crippen molar-refractivity contribution >= 4 is 11.7 Å². The number of amides is 1. The second-order valence-electron chi connectivity index (χ2n) is 10.3. The van der Waals surface area contributed by atoms with E-state index in [1.54, 1.807) is 24.5 Å². The van der Waals surface area contributed by atoms with Crippen LogP contribution < -0.4 is 5.32 Å². The number of halogens is 1. The highest BCUT2D eigenvalue weighted by Gasteiger charge is 2.27. The molecule has 4 aromatic rings. The largest absolute Gasteiger partial charge is 0.307 e. The number of benzene rings is 1. The van der Waals surface area contributed by atoms with Crippen LogP contribution in [0.25, 0.3) is 17.2 Å². The number of rotatable bonds is 5. The zero-order chi connectivity index (χ0) is 25.6. The molecule has 1 aliphatic rings. The molecule has 0 saturated heterocycles. The van der Waals surface area contributed by atoms with Crippen molar-refractivity contribution in [2.45, 2.75) is 65.3 Å². The lowest BCUT2D eigenvalue weighted by Gasteiger charge is -2.15. The summed E-state index contributed by atoms with van der Waals surface area (Å²) in [5, 5.41) is 11.4. The molecule has 0 bridgehead atoms. The van der Waals surface area contributed by atoms with Gasteiger partial charge < -0.3 is 14.5 Å². The summed E-state index contributed by atoms with van der Waals surface area (Å²) in [5.74, 6) is 0.787. The minimum Gasteiger partial charge on any atom is -0.307 e. The molecule has 1 atom stereocenters. The number of anilines is 1. The summed E-state index contributed by atoms with van der Waals surface area (Å²) in [6.45, 7) is 10.2. The molecule has 1 aliphatic heterocycles. The number of aromatic nitrogens is 6. The molecule has 0 radical (unpaired) electrons. The molecule has 1 aromatic carbocycles. The van der Waals surface area contributed by atoms with Gasteiger partial charge in [0.15, 0.2) is 5.82 Å². The van der Waals surface area contributed by atoms with E-state index in [1.807, 2.05) is 23.8 Å². The van der Waals surface area contributed by atoms with Crippen molar-refractivity contribution < 1.29 is 9.18 Å². The van der Waals surface area contributed by atoms with Gasteiger partial charge in [-0.05, 0) is 49.6 Å². The van der Waals surface area contributed by atoms with Crippen LogP contribution in [0.5, 0.6) is 0 Å². The highest BCUT2D eigenvalue weighted by atomic mass is 19.1. The number of imidazole rings is 1. The van der Waals surface area contributed by atoms with Gasteiger partial charge in [0.05, 0.1) is 23.3 Å². The Labute approximate surface area is 209 Å². The van der Waals surface area contributed by atoms with E-state index in [0.717, 1.165) is 30.8 Å². The molecule has 0 aliphatic carbocycles. The van der Waals surface area contributed by atoms with Crippen LogP contribution in [0, 0.1) is 12.7 Å². The number of nitrogens with zero attached hydrogens (tertiary/aromatic N) is 6. The highest BCUT2D eigenvalue weighted by Crippen LogP contribution is 2.32. The van der Waals surface area contributed by atoms with E-state index in [-0.39, 0.29) is 11.0 Å². The van der Waals surface area contributed by atoms with Gasteiger partial charge in [-0.15, -0.1) is 10.2 Å². The van der Waals surface area contributed by atoms with Gasteiger partial charge in [0.1, 0.15) is 23.2 Å². The summed E-state index contributed by atoms with van der Waals surface area (Å²) in [7, 11) is 0. The molecule has 9 heteroatoms. The second kappa shape index (κ2) is 8.96. The Morgan fingerprint density at radius 1 is 1.22 bits per heavy atom. The molecule has 1 N–H and O–H groups in total. The molecule has 1 amide bonds. The predicted molar refractivity (Wildman–Crippen MR) is 136 cm³/mol. The first kappa shape index (κ1) is 23.8. The Balaban J connectivity index is 1.43. The maximum Gasteiger partial charge on any atom is 0.259 e. The van der Waals surface area contributed by atoms with Gasteiger partial charge in [0.25, 0.3) is 5.91 Å². The van der Waals surface area contributed by atoms with Crippen molar-refractivity contribution in [3.05, 3.63) is 71.3 Å². The summed E-state index contributed by atoms with van der Waals surface area (Å²) >= 11 is 0. The highest BCUT2D eigenvalue weighted by molar-refractivity contribution is 6.04. The van der Waals surface area contributed by atoms with E-state index in [9.17, 15) is 9.18 Å². The number of fused-ring (bicyclic) bond motifs is 1. The minimum absolute atomic E-state index is 0.0665. The van der Waals surface area contributed by atoms with Crippen molar-refractivity contribution in [2.24, 2.45) is 0 Å². The number of aryl methyl sites for hydroxylation is 2. The van der Waals surface area contributed by atoms with E-state index >= 15 is 0 Å². The van der Waals surface area contributed by atoms with Crippen LogP contribution in [0.2, 0.25) is 0 Å². The molecule has 0 saturated carbocycles. The van der Waals surface area contributed by atoms with Crippen LogP contribution in [0.15, 0.2) is 42.9 Å². The normalized spacial score (nSPS) is 15.2. The maximum atomic E-state index is 14.9. The van der Waals surface area contributed by atoms with Crippen molar-refractivity contribution in [2.75, 3.05) is 5.32 Å². The zero-order valence-electron chi connectivity index (χ0n) is 21.2. The molecule has 8 nitrogen and oxygen atoms in total. The fourth-order valence-corrected chi connectivity index (χ4v) is 4.63. The lowest BCUT2D eigenvalue weighted by molar-refractivity contribution is 0.102. The van der Waals surface area contributed by atoms with Crippen molar-refractivity contribution in [1.82, 2.24) is 29.3 Å². The van der Waals surface area contributed by atoms with Crippen LogP contribution in [-0.4, -0.2) is 35.2 Å². The smallest absolute Gasteiger partial charge is 0.259 e. The lowest BCUT2D eigenvalue weighted by Crippen LogP contribution is -2.16. The molecule has 186 valence electrons. The van der Waals surface area contributed by atoms with Gasteiger partial charge in [-0.3, -0.25) is 4.79 Å². The third kappa shape index (κ3) is 4.29. The van der Waals surface area contributed by atoms with E-state index < -0.39 is 11.7 Å². The standard InChI is InChI=1S/C27H30FN7O/c1-6-17-10-11-24-32-33-25(35(17)24)20-8-7-9-23(30-20)31-26(36)18-13-21(16(2)12-19(18)28)34-14-22(29-15-34)27(3,4)5/h7-9,12-15,17H,6,10-11H2,1-5H3,(H,30,31,36)/t17-/m0/s1. The predicted octanol–water partition coefficient (Wildman–Crippen LogP) is 5.42. The average Bonchev–Trinajstić information content (AvgIpc) is 3.55. The van der Waals surface area contributed by atoms with Crippen LogP contribution in [0.1, 0.15) is 74.0 Å². The Hall–Kier alpha value is -3.88. The van der Waals surface area contributed by atoms with E-state index in [2.05, 4.69) is 57.7 Å². The van der Waals surface area contributed by atoms with Crippen LogP contribution in [-0.2, 0) is 11.8 Å². The first-order valence-electron chi connectivity index (χ1n) is 12.2. The molecule has 5 rings (SSSR count).